The maximum Gasteiger partial charge on any atom is 0.338 e. The molecule has 0 N–H and O–H groups in total. The van der Waals surface area contributed by atoms with Crippen molar-refractivity contribution in [3.63, 3.8) is 0 Å². The minimum absolute atomic E-state index is 0.0112. The Kier molecular flexibility index (Phi) is 7.16. The van der Waals surface area contributed by atoms with Crippen LogP contribution in [-0.2, 0) is 26.1 Å². The lowest BCUT2D eigenvalue weighted by Crippen LogP contribution is -2.31. The van der Waals surface area contributed by atoms with Crippen LogP contribution in [0.2, 0.25) is 0 Å². The number of amides is 1. The molecule has 0 atom stereocenters. The molecule has 0 aromatic heterocycles. The van der Waals surface area contributed by atoms with Crippen LogP contribution in [0.4, 0.5) is 0 Å². The molecule has 0 saturated carbocycles. The van der Waals surface area contributed by atoms with Gasteiger partial charge in [0, 0.05) is 27.7 Å². The van der Waals surface area contributed by atoms with E-state index in [0.29, 0.717) is 12.1 Å². The molecule has 2 aromatic carbocycles. The first-order chi connectivity index (χ1) is 13.5. The summed E-state index contributed by atoms with van der Waals surface area (Å²) in [5, 5.41) is 0. The summed E-state index contributed by atoms with van der Waals surface area (Å²) in [6.07, 6.45) is 0. The highest BCUT2D eigenvalue weighted by Crippen LogP contribution is 2.19. The topological polar surface area (TPSA) is 84.0 Å². The van der Waals surface area contributed by atoms with Gasteiger partial charge in [0.2, 0.25) is 10.0 Å². The first kappa shape index (κ1) is 22.6. The minimum Gasteiger partial charge on any atom is -0.452 e. The third-order valence-electron chi connectivity index (χ3n) is 4.50. The zero-order valence-electron chi connectivity index (χ0n) is 17.3. The van der Waals surface area contributed by atoms with E-state index in [0.717, 1.165) is 15.4 Å². The summed E-state index contributed by atoms with van der Waals surface area (Å²) in [7, 11) is 0.774. The van der Waals surface area contributed by atoms with Gasteiger partial charge in [0.1, 0.15) is 0 Å². The number of carbonyl (C=O) groups excluding carboxylic acids is 2. The largest absolute Gasteiger partial charge is 0.452 e. The lowest BCUT2D eigenvalue weighted by molar-refractivity contribution is -0.133. The van der Waals surface area contributed by atoms with E-state index in [-0.39, 0.29) is 16.4 Å². The number of nitrogens with zero attached hydrogens (tertiary/aromatic N) is 2. The van der Waals surface area contributed by atoms with E-state index in [9.17, 15) is 18.0 Å². The first-order valence-electron chi connectivity index (χ1n) is 9.02. The van der Waals surface area contributed by atoms with Gasteiger partial charge in [-0.3, -0.25) is 4.79 Å². The van der Waals surface area contributed by atoms with Crippen LogP contribution in [0.1, 0.15) is 27.0 Å². The molecule has 1 amide bonds. The molecular weight excluding hydrogens is 392 g/mol. The van der Waals surface area contributed by atoms with E-state index < -0.39 is 22.6 Å². The minimum atomic E-state index is -3.68. The number of likely N-dealkylation sites (N-methyl/N-ethyl adjacent to an activating group) is 1. The third kappa shape index (κ3) is 5.65. The second-order valence-corrected chi connectivity index (χ2v) is 9.23. The molecule has 0 saturated heterocycles. The van der Waals surface area contributed by atoms with Crippen LogP contribution in [0, 0.1) is 13.8 Å². The predicted molar refractivity (Wildman–Crippen MR) is 110 cm³/mol. The zero-order chi connectivity index (χ0) is 21.8. The molecule has 0 radical (unpaired) electrons. The van der Waals surface area contributed by atoms with Crippen molar-refractivity contribution in [2.45, 2.75) is 25.3 Å². The van der Waals surface area contributed by atoms with E-state index in [1.54, 1.807) is 14.0 Å². The molecule has 29 heavy (non-hydrogen) atoms. The molecule has 0 aliphatic carbocycles. The Labute approximate surface area is 171 Å². The van der Waals surface area contributed by atoms with Crippen molar-refractivity contribution in [2.75, 3.05) is 27.7 Å². The summed E-state index contributed by atoms with van der Waals surface area (Å²) in [6, 6.07) is 12.0. The maximum atomic E-state index is 12.4. The van der Waals surface area contributed by atoms with Gasteiger partial charge in [-0.15, -0.1) is 0 Å². The van der Waals surface area contributed by atoms with Gasteiger partial charge in [-0.2, -0.15) is 0 Å². The quantitative estimate of drug-likeness (QED) is 0.645. The third-order valence-corrected chi connectivity index (χ3v) is 6.31. The molecule has 0 bridgehead atoms. The van der Waals surface area contributed by atoms with Gasteiger partial charge in [-0.1, -0.05) is 35.9 Å². The fourth-order valence-electron chi connectivity index (χ4n) is 2.56. The van der Waals surface area contributed by atoms with Gasteiger partial charge in [-0.25, -0.2) is 17.5 Å². The molecule has 2 rings (SSSR count). The molecule has 2 aromatic rings. The second-order valence-electron chi connectivity index (χ2n) is 7.08. The molecule has 0 aliphatic rings. The summed E-state index contributed by atoms with van der Waals surface area (Å²) in [5.41, 5.74) is 2.77. The highest BCUT2D eigenvalue weighted by Gasteiger charge is 2.21. The molecular formula is C21H26N2O5S. The highest BCUT2D eigenvalue weighted by atomic mass is 32.2. The lowest BCUT2D eigenvalue weighted by Gasteiger charge is -2.18. The van der Waals surface area contributed by atoms with Crippen molar-refractivity contribution in [2.24, 2.45) is 0 Å². The van der Waals surface area contributed by atoms with Crippen LogP contribution >= 0.6 is 0 Å². The Hall–Kier alpha value is -2.71. The number of rotatable bonds is 7. The normalized spacial score (nSPS) is 11.4. The van der Waals surface area contributed by atoms with Crippen LogP contribution in [-0.4, -0.2) is 57.2 Å². The number of benzene rings is 2. The van der Waals surface area contributed by atoms with Gasteiger partial charge in [0.15, 0.2) is 6.61 Å². The highest BCUT2D eigenvalue weighted by molar-refractivity contribution is 7.89. The van der Waals surface area contributed by atoms with Crippen molar-refractivity contribution in [1.82, 2.24) is 9.21 Å². The smallest absolute Gasteiger partial charge is 0.338 e. The molecule has 0 heterocycles. The number of hydrogen-bond acceptors (Lipinski definition) is 5. The van der Waals surface area contributed by atoms with Crippen LogP contribution in [0.5, 0.6) is 0 Å². The molecule has 0 unspecified atom stereocenters. The molecule has 0 spiro atoms. The summed E-state index contributed by atoms with van der Waals surface area (Å²) < 4.78 is 30.8. The molecule has 8 heteroatoms. The SMILES string of the molecule is Cc1ccc(CN(C)C(=O)COC(=O)c2cc(S(=O)(=O)N(C)C)ccc2C)cc1. The van der Waals surface area contributed by atoms with Gasteiger partial charge < -0.3 is 9.64 Å². The van der Waals surface area contributed by atoms with Crippen molar-refractivity contribution in [1.29, 1.82) is 0 Å². The summed E-state index contributed by atoms with van der Waals surface area (Å²) in [4.78, 5) is 26.2. The van der Waals surface area contributed by atoms with E-state index in [2.05, 4.69) is 0 Å². The van der Waals surface area contributed by atoms with Crippen LogP contribution in [0.15, 0.2) is 47.4 Å². The summed E-state index contributed by atoms with van der Waals surface area (Å²) in [6.45, 7) is 3.63. The number of ether oxygens (including phenoxy) is 1. The monoisotopic (exact) mass is 418 g/mol. The average molecular weight is 419 g/mol. The number of hydrogen-bond donors (Lipinski definition) is 0. The van der Waals surface area contributed by atoms with E-state index in [1.165, 1.54) is 37.2 Å². The van der Waals surface area contributed by atoms with E-state index in [1.807, 2.05) is 31.2 Å². The summed E-state index contributed by atoms with van der Waals surface area (Å²) >= 11 is 0. The van der Waals surface area contributed by atoms with Crippen molar-refractivity contribution >= 4 is 21.9 Å². The van der Waals surface area contributed by atoms with E-state index >= 15 is 0 Å². The molecule has 7 nitrogen and oxygen atoms in total. The number of sulfonamides is 1. The lowest BCUT2D eigenvalue weighted by atomic mass is 10.1. The molecule has 0 aliphatic heterocycles. The van der Waals surface area contributed by atoms with Crippen LogP contribution < -0.4 is 0 Å². The van der Waals surface area contributed by atoms with Gasteiger partial charge in [0.05, 0.1) is 10.5 Å². The van der Waals surface area contributed by atoms with Crippen LogP contribution in [0.3, 0.4) is 0 Å². The first-order valence-corrected chi connectivity index (χ1v) is 10.5. The zero-order valence-corrected chi connectivity index (χ0v) is 18.1. The average Bonchev–Trinajstić information content (AvgIpc) is 2.67. The Morgan fingerprint density at radius 2 is 1.59 bits per heavy atom. The predicted octanol–water partition coefficient (Wildman–Crippen LogP) is 2.37. The fraction of sp³-hybridized carbons (Fsp3) is 0.333. The summed E-state index contributed by atoms with van der Waals surface area (Å²) in [5.74, 6) is -1.09. The van der Waals surface area contributed by atoms with Gasteiger partial charge in [-0.05, 0) is 37.1 Å². The van der Waals surface area contributed by atoms with Crippen molar-refractivity contribution in [3.05, 3.63) is 64.7 Å². The Morgan fingerprint density at radius 3 is 2.17 bits per heavy atom. The fourth-order valence-corrected chi connectivity index (χ4v) is 3.49. The Morgan fingerprint density at radius 1 is 0.966 bits per heavy atom. The molecule has 0 fully saturated rings. The number of aryl methyl sites for hydroxylation is 2. The Balaban J connectivity index is 2.04. The second kappa shape index (κ2) is 9.19. The van der Waals surface area contributed by atoms with Crippen molar-refractivity contribution < 1.29 is 22.7 Å². The van der Waals surface area contributed by atoms with E-state index in [4.69, 9.17) is 4.74 Å². The Bertz CT molecular complexity index is 998. The maximum absolute atomic E-state index is 12.4. The van der Waals surface area contributed by atoms with Crippen LogP contribution in [0.25, 0.3) is 0 Å². The number of carbonyl (C=O) groups is 2. The van der Waals surface area contributed by atoms with Crippen molar-refractivity contribution in [3.8, 4) is 0 Å². The van der Waals surface area contributed by atoms with Gasteiger partial charge in [0.25, 0.3) is 5.91 Å². The standard InChI is InChI=1S/C21H26N2O5S/c1-15-6-9-17(10-7-15)13-23(5)20(24)14-28-21(25)19-12-18(11-8-16(19)2)29(26,27)22(3)4/h6-12H,13-14H2,1-5H3. The van der Waals surface area contributed by atoms with Gasteiger partial charge >= 0.3 is 5.97 Å². The molecule has 156 valence electrons. The number of esters is 1.